The molecule has 0 N–H and O–H groups in total. The Morgan fingerprint density at radius 1 is 0.800 bits per heavy atom. The lowest BCUT2D eigenvalue weighted by Gasteiger charge is -2.27. The van der Waals surface area contributed by atoms with Crippen LogP contribution in [0.5, 0.6) is 0 Å². The molecule has 35 heavy (non-hydrogen) atoms. The van der Waals surface area contributed by atoms with Crippen LogP contribution < -0.4 is 4.90 Å². The number of rotatable bonds is 2. The van der Waals surface area contributed by atoms with Crippen LogP contribution in [-0.4, -0.2) is 29.0 Å². The van der Waals surface area contributed by atoms with Gasteiger partial charge in [0.1, 0.15) is 0 Å². The summed E-state index contributed by atoms with van der Waals surface area (Å²) < 4.78 is 6.30. The molecule has 3 atom stereocenters. The van der Waals surface area contributed by atoms with E-state index in [-0.39, 0.29) is 26.9 Å². The fourth-order valence-electron chi connectivity index (χ4n) is 5.58. The van der Waals surface area contributed by atoms with Crippen molar-refractivity contribution in [1.82, 2.24) is 0 Å². The van der Waals surface area contributed by atoms with Crippen molar-refractivity contribution in [1.29, 1.82) is 0 Å². The second kappa shape index (κ2) is 7.59. The molecule has 1 spiro atoms. The fourth-order valence-corrected chi connectivity index (χ4v) is 5.88. The van der Waals surface area contributed by atoms with Gasteiger partial charge in [-0.3, -0.25) is 19.2 Å². The molecule has 2 heterocycles. The van der Waals surface area contributed by atoms with E-state index in [1.54, 1.807) is 36.4 Å². The van der Waals surface area contributed by atoms with Gasteiger partial charge in [0.2, 0.25) is 29.0 Å². The van der Waals surface area contributed by atoms with E-state index in [0.29, 0.717) is 5.56 Å². The quantitative estimate of drug-likeness (QED) is 0.361. The number of ketones is 2. The van der Waals surface area contributed by atoms with Gasteiger partial charge in [0.25, 0.3) is 0 Å². The van der Waals surface area contributed by atoms with Crippen LogP contribution in [0.1, 0.15) is 37.9 Å². The molecule has 3 aromatic rings. The molecule has 1 aliphatic carbocycles. The number of hydrogen-bond donors (Lipinski definition) is 0. The van der Waals surface area contributed by atoms with E-state index >= 15 is 0 Å². The maximum absolute atomic E-state index is 13.9. The molecule has 0 saturated carbocycles. The van der Waals surface area contributed by atoms with Crippen LogP contribution in [0.15, 0.2) is 66.7 Å². The summed E-state index contributed by atoms with van der Waals surface area (Å²) in [6, 6.07) is 18.1. The number of imide groups is 1. The highest BCUT2D eigenvalue weighted by Crippen LogP contribution is 2.58. The largest absolute Gasteiger partial charge is 0.349 e. The third-order valence-electron chi connectivity index (χ3n) is 7.18. The molecule has 6 rings (SSSR count). The second-order valence-corrected chi connectivity index (χ2v) is 9.76. The zero-order valence-electron chi connectivity index (χ0n) is 18.3. The molecule has 3 aromatic carbocycles. The number of Topliss-reactive ketones (excluding diaryl/α,β-unsaturated/α-hetero) is 2. The first kappa shape index (κ1) is 22.2. The van der Waals surface area contributed by atoms with Gasteiger partial charge in [-0.05, 0) is 36.2 Å². The summed E-state index contributed by atoms with van der Waals surface area (Å²) in [6.07, 6.45) is -0.965. The van der Waals surface area contributed by atoms with E-state index in [4.69, 9.17) is 27.9 Å². The van der Waals surface area contributed by atoms with Gasteiger partial charge < -0.3 is 4.74 Å². The van der Waals surface area contributed by atoms with Gasteiger partial charge in [-0.2, -0.15) is 0 Å². The average Bonchev–Trinajstić information content (AvgIpc) is 3.41. The lowest BCUT2D eigenvalue weighted by Crippen LogP contribution is -2.51. The van der Waals surface area contributed by atoms with Crippen LogP contribution in [0.25, 0.3) is 0 Å². The van der Waals surface area contributed by atoms with Crippen molar-refractivity contribution in [2.45, 2.75) is 18.6 Å². The summed E-state index contributed by atoms with van der Waals surface area (Å²) >= 11 is 12.2. The van der Waals surface area contributed by atoms with Crippen LogP contribution in [0.3, 0.4) is 0 Å². The summed E-state index contributed by atoms with van der Waals surface area (Å²) in [5, 5.41) is 0.438. The van der Waals surface area contributed by atoms with Crippen LogP contribution in [0.4, 0.5) is 5.69 Å². The predicted molar refractivity (Wildman–Crippen MR) is 129 cm³/mol. The lowest BCUT2D eigenvalue weighted by atomic mass is 9.77. The minimum Gasteiger partial charge on any atom is -0.349 e. The predicted octanol–water partition coefficient (Wildman–Crippen LogP) is 5.00. The summed E-state index contributed by atoms with van der Waals surface area (Å²) in [5.74, 6) is -4.81. The molecule has 2 amide bonds. The zero-order valence-corrected chi connectivity index (χ0v) is 19.8. The molecule has 2 aliphatic heterocycles. The Morgan fingerprint density at radius 2 is 1.43 bits per heavy atom. The Morgan fingerprint density at radius 3 is 2.06 bits per heavy atom. The number of nitrogens with zero attached hydrogens (tertiary/aromatic N) is 1. The molecule has 8 heteroatoms. The Labute approximate surface area is 210 Å². The van der Waals surface area contributed by atoms with Crippen molar-refractivity contribution < 1.29 is 23.9 Å². The van der Waals surface area contributed by atoms with Gasteiger partial charge in [0, 0.05) is 11.1 Å². The Balaban J connectivity index is 1.56. The first-order valence-corrected chi connectivity index (χ1v) is 11.8. The Kier molecular flexibility index (Phi) is 4.81. The summed E-state index contributed by atoms with van der Waals surface area (Å²) in [6.45, 7) is 1.85. The van der Waals surface area contributed by atoms with Crippen LogP contribution in [0, 0.1) is 18.8 Å². The zero-order chi connectivity index (χ0) is 24.6. The van der Waals surface area contributed by atoms with E-state index < -0.39 is 46.9 Å². The molecule has 2 fully saturated rings. The van der Waals surface area contributed by atoms with Gasteiger partial charge in [-0.25, -0.2) is 4.90 Å². The van der Waals surface area contributed by atoms with Crippen molar-refractivity contribution in [2.24, 2.45) is 11.8 Å². The topological polar surface area (TPSA) is 80.8 Å². The van der Waals surface area contributed by atoms with Gasteiger partial charge >= 0.3 is 0 Å². The second-order valence-electron chi connectivity index (χ2n) is 8.95. The van der Waals surface area contributed by atoms with E-state index in [9.17, 15) is 19.2 Å². The summed E-state index contributed by atoms with van der Waals surface area (Å²) in [4.78, 5) is 56.3. The number of amides is 2. The van der Waals surface area contributed by atoms with Crippen LogP contribution in [-0.2, 0) is 14.3 Å². The normalized spacial score (nSPS) is 24.4. The number of aryl methyl sites for hydroxylation is 1. The number of fused-ring (bicyclic) bond motifs is 3. The minimum absolute atomic E-state index is 0.170. The molecule has 0 radical (unpaired) electrons. The van der Waals surface area contributed by atoms with Gasteiger partial charge in [0.15, 0.2) is 0 Å². The molecule has 174 valence electrons. The minimum atomic E-state index is -2.11. The van der Waals surface area contributed by atoms with E-state index in [2.05, 4.69) is 0 Å². The molecular weight excluding hydrogens is 489 g/mol. The monoisotopic (exact) mass is 505 g/mol. The molecule has 3 aliphatic rings. The number of ether oxygens (including phenoxy) is 1. The van der Waals surface area contributed by atoms with Gasteiger partial charge in [-0.15, -0.1) is 0 Å². The molecule has 0 aromatic heterocycles. The van der Waals surface area contributed by atoms with Crippen molar-refractivity contribution in [2.75, 3.05) is 4.90 Å². The SMILES string of the molecule is Cc1ccccc1[C@H]1OC2(C(=O)c3ccccc3C2=O)[C@H]2C(=O)N(c3ccc(Cl)c(Cl)c3)C(=O)[C@@H]12. The van der Waals surface area contributed by atoms with Crippen molar-refractivity contribution >= 4 is 52.3 Å². The fraction of sp³-hybridized carbons (Fsp3) is 0.185. The van der Waals surface area contributed by atoms with Crippen molar-refractivity contribution in [3.63, 3.8) is 0 Å². The maximum atomic E-state index is 13.9. The summed E-state index contributed by atoms with van der Waals surface area (Å²) in [7, 11) is 0. The highest BCUT2D eigenvalue weighted by Gasteiger charge is 2.74. The number of benzene rings is 3. The van der Waals surface area contributed by atoms with Crippen molar-refractivity contribution in [3.8, 4) is 0 Å². The number of anilines is 1. The molecule has 0 bridgehead atoms. The smallest absolute Gasteiger partial charge is 0.241 e. The number of hydrogen-bond acceptors (Lipinski definition) is 5. The molecule has 6 nitrogen and oxygen atoms in total. The number of halogens is 2. The van der Waals surface area contributed by atoms with Crippen LogP contribution >= 0.6 is 23.2 Å². The highest BCUT2D eigenvalue weighted by atomic mass is 35.5. The molecular formula is C27H17Cl2NO5. The third kappa shape index (κ3) is 2.82. The standard InChI is InChI=1S/C27H17Cl2NO5/c1-13-6-2-3-7-15(13)22-20-21(26(34)30(25(20)33)14-10-11-18(28)19(29)12-14)27(35-22)23(31)16-8-4-5-9-17(16)24(27)32/h2-12,20-22H,1H3/t20-,21-,22-/m1/s1. The third-order valence-corrected chi connectivity index (χ3v) is 7.91. The molecule has 0 unspecified atom stereocenters. The van der Waals surface area contributed by atoms with Gasteiger partial charge in [0.05, 0.1) is 33.7 Å². The first-order chi connectivity index (χ1) is 16.8. The Bertz CT molecular complexity index is 1450. The summed E-state index contributed by atoms with van der Waals surface area (Å²) in [5.41, 5.74) is -0.0494. The average molecular weight is 506 g/mol. The maximum Gasteiger partial charge on any atom is 0.241 e. The van der Waals surface area contributed by atoms with Gasteiger partial charge in [-0.1, -0.05) is 71.7 Å². The van der Waals surface area contributed by atoms with Crippen molar-refractivity contribution in [3.05, 3.63) is 99.0 Å². The Hall–Kier alpha value is -3.32. The lowest BCUT2D eigenvalue weighted by molar-refractivity contribution is -0.127. The number of carbonyl (C=O) groups excluding carboxylic acids is 4. The number of carbonyl (C=O) groups is 4. The van der Waals surface area contributed by atoms with E-state index in [0.717, 1.165) is 10.5 Å². The first-order valence-electron chi connectivity index (χ1n) is 11.0. The highest BCUT2D eigenvalue weighted by molar-refractivity contribution is 6.42. The van der Waals surface area contributed by atoms with E-state index in [1.807, 2.05) is 19.1 Å². The van der Waals surface area contributed by atoms with Crippen LogP contribution in [0.2, 0.25) is 10.0 Å². The molecule has 2 saturated heterocycles. The van der Waals surface area contributed by atoms with E-state index in [1.165, 1.54) is 18.2 Å².